The number of anilines is 1. The van der Waals surface area contributed by atoms with Crippen LogP contribution < -0.4 is 5.32 Å². The molecule has 0 amide bonds. The zero-order chi connectivity index (χ0) is 11.4. The predicted octanol–water partition coefficient (Wildman–Crippen LogP) is 2.27. The number of hydrogen-bond acceptors (Lipinski definition) is 3. The minimum atomic E-state index is 0.340. The molecule has 0 bridgehead atoms. The summed E-state index contributed by atoms with van der Waals surface area (Å²) in [7, 11) is 1.79. The Morgan fingerprint density at radius 3 is 3.19 bits per heavy atom. The fourth-order valence-corrected chi connectivity index (χ4v) is 2.41. The first kappa shape index (κ1) is 11.5. The van der Waals surface area contributed by atoms with Gasteiger partial charge in [-0.3, -0.25) is 0 Å². The largest absolute Gasteiger partial charge is 0.379 e. The number of rotatable bonds is 5. The number of nitrogens with zero attached hydrogens (tertiary/aromatic N) is 2. The minimum Gasteiger partial charge on any atom is -0.379 e. The van der Waals surface area contributed by atoms with Gasteiger partial charge in [0.15, 0.2) is 0 Å². The van der Waals surface area contributed by atoms with Gasteiger partial charge in [0.05, 0.1) is 12.1 Å². The predicted molar refractivity (Wildman–Crippen MR) is 64.6 cm³/mol. The Morgan fingerprint density at radius 2 is 2.44 bits per heavy atom. The molecule has 0 aromatic carbocycles. The van der Waals surface area contributed by atoms with Crippen LogP contribution in [0.5, 0.6) is 0 Å². The molecular weight excluding hydrogens is 202 g/mol. The van der Waals surface area contributed by atoms with Crippen LogP contribution in [0.4, 0.5) is 5.95 Å². The fraction of sp³-hybridized carbons (Fsp3) is 0.750. The maximum Gasteiger partial charge on any atom is 0.203 e. The zero-order valence-electron chi connectivity index (χ0n) is 10.1. The van der Waals surface area contributed by atoms with Gasteiger partial charge in [-0.25, -0.2) is 4.98 Å². The molecule has 2 atom stereocenters. The SMILES string of the molecule is CCCn1ccnc1NC1CCCC1OC. The Kier molecular flexibility index (Phi) is 3.83. The molecule has 1 aromatic rings. The van der Waals surface area contributed by atoms with E-state index < -0.39 is 0 Å². The lowest BCUT2D eigenvalue weighted by Gasteiger charge is -2.20. The van der Waals surface area contributed by atoms with Crippen LogP contribution in [0.3, 0.4) is 0 Å². The van der Waals surface area contributed by atoms with Crippen molar-refractivity contribution in [3.05, 3.63) is 12.4 Å². The molecule has 90 valence electrons. The number of methoxy groups -OCH3 is 1. The van der Waals surface area contributed by atoms with Gasteiger partial charge in [0.25, 0.3) is 0 Å². The van der Waals surface area contributed by atoms with E-state index in [0.717, 1.165) is 25.3 Å². The molecule has 0 saturated heterocycles. The van der Waals surface area contributed by atoms with Crippen molar-refractivity contribution in [2.45, 2.75) is 51.3 Å². The van der Waals surface area contributed by atoms with Crippen molar-refractivity contribution in [1.29, 1.82) is 0 Å². The first-order valence-electron chi connectivity index (χ1n) is 6.15. The number of nitrogens with one attached hydrogen (secondary N) is 1. The number of aromatic nitrogens is 2. The molecule has 2 unspecified atom stereocenters. The van der Waals surface area contributed by atoms with Gasteiger partial charge in [0.1, 0.15) is 0 Å². The molecular formula is C12H21N3O. The van der Waals surface area contributed by atoms with Crippen molar-refractivity contribution >= 4 is 5.95 Å². The molecule has 1 aliphatic rings. The van der Waals surface area contributed by atoms with Crippen molar-refractivity contribution in [2.75, 3.05) is 12.4 Å². The van der Waals surface area contributed by atoms with E-state index in [-0.39, 0.29) is 0 Å². The van der Waals surface area contributed by atoms with E-state index in [4.69, 9.17) is 4.74 Å². The van der Waals surface area contributed by atoms with Crippen molar-refractivity contribution in [3.63, 3.8) is 0 Å². The van der Waals surface area contributed by atoms with Crippen LogP contribution in [-0.4, -0.2) is 28.8 Å². The summed E-state index contributed by atoms with van der Waals surface area (Å²) in [4.78, 5) is 4.36. The quantitative estimate of drug-likeness (QED) is 0.832. The number of ether oxygens (including phenoxy) is 1. The van der Waals surface area contributed by atoms with Gasteiger partial charge >= 0.3 is 0 Å². The van der Waals surface area contributed by atoms with Gasteiger partial charge in [-0.15, -0.1) is 0 Å². The summed E-state index contributed by atoms with van der Waals surface area (Å²) in [6.45, 7) is 3.20. The van der Waals surface area contributed by atoms with Gasteiger partial charge in [-0.05, 0) is 25.7 Å². The molecule has 4 heteroatoms. The Labute approximate surface area is 97.0 Å². The second-order valence-electron chi connectivity index (χ2n) is 4.40. The molecule has 1 heterocycles. The van der Waals surface area contributed by atoms with Crippen LogP contribution in [0.25, 0.3) is 0 Å². The van der Waals surface area contributed by atoms with Gasteiger partial charge in [-0.2, -0.15) is 0 Å². The Balaban J connectivity index is 1.99. The van der Waals surface area contributed by atoms with E-state index in [0.29, 0.717) is 12.1 Å². The average molecular weight is 223 g/mol. The topological polar surface area (TPSA) is 39.1 Å². The van der Waals surface area contributed by atoms with Crippen LogP contribution in [0.1, 0.15) is 32.6 Å². The third kappa shape index (κ3) is 2.38. The normalized spacial score (nSPS) is 24.9. The van der Waals surface area contributed by atoms with Crippen LogP contribution in [-0.2, 0) is 11.3 Å². The molecule has 1 aromatic heterocycles. The average Bonchev–Trinajstić information content (AvgIpc) is 2.89. The summed E-state index contributed by atoms with van der Waals surface area (Å²) in [6, 6.07) is 0.419. The van der Waals surface area contributed by atoms with Crippen molar-refractivity contribution in [2.24, 2.45) is 0 Å². The third-order valence-electron chi connectivity index (χ3n) is 3.25. The molecule has 1 fully saturated rings. The molecule has 4 nitrogen and oxygen atoms in total. The highest BCUT2D eigenvalue weighted by Crippen LogP contribution is 2.24. The number of hydrogen-bond donors (Lipinski definition) is 1. The van der Waals surface area contributed by atoms with Crippen molar-refractivity contribution in [1.82, 2.24) is 9.55 Å². The molecule has 16 heavy (non-hydrogen) atoms. The standard InChI is InChI=1S/C12H21N3O/c1-3-8-15-9-7-13-12(15)14-10-5-4-6-11(10)16-2/h7,9-11H,3-6,8H2,1-2H3,(H,13,14). The van der Waals surface area contributed by atoms with E-state index in [9.17, 15) is 0 Å². The molecule has 0 radical (unpaired) electrons. The summed E-state index contributed by atoms with van der Waals surface area (Å²) in [5.41, 5.74) is 0. The first-order valence-corrected chi connectivity index (χ1v) is 6.15. The van der Waals surface area contributed by atoms with Crippen molar-refractivity contribution in [3.8, 4) is 0 Å². The molecule has 1 saturated carbocycles. The van der Waals surface area contributed by atoms with Crippen LogP contribution in [0, 0.1) is 0 Å². The molecule has 2 rings (SSSR count). The lowest BCUT2D eigenvalue weighted by Crippen LogP contribution is -2.31. The van der Waals surface area contributed by atoms with Gasteiger partial charge in [-0.1, -0.05) is 6.92 Å². The van der Waals surface area contributed by atoms with E-state index in [1.165, 1.54) is 12.8 Å². The summed E-state index contributed by atoms with van der Waals surface area (Å²) in [5.74, 6) is 0.982. The van der Waals surface area contributed by atoms with E-state index >= 15 is 0 Å². The highest BCUT2D eigenvalue weighted by atomic mass is 16.5. The minimum absolute atomic E-state index is 0.340. The summed E-state index contributed by atoms with van der Waals surface area (Å²) in [6.07, 6.45) is 8.93. The zero-order valence-corrected chi connectivity index (χ0v) is 10.1. The Hall–Kier alpha value is -1.03. The first-order chi connectivity index (χ1) is 7.85. The summed E-state index contributed by atoms with van der Waals surface area (Å²) in [5, 5.41) is 3.50. The van der Waals surface area contributed by atoms with E-state index in [2.05, 4.69) is 21.8 Å². The lowest BCUT2D eigenvalue weighted by atomic mass is 10.2. The number of imidazole rings is 1. The van der Waals surface area contributed by atoms with Gasteiger partial charge in [0.2, 0.25) is 5.95 Å². The maximum atomic E-state index is 5.47. The van der Waals surface area contributed by atoms with E-state index in [1.54, 1.807) is 7.11 Å². The molecule has 0 aliphatic heterocycles. The van der Waals surface area contributed by atoms with Crippen LogP contribution in [0.2, 0.25) is 0 Å². The summed E-state index contributed by atoms with van der Waals surface area (Å²) < 4.78 is 7.64. The number of aryl methyl sites for hydroxylation is 1. The monoisotopic (exact) mass is 223 g/mol. The van der Waals surface area contributed by atoms with Crippen LogP contribution >= 0.6 is 0 Å². The van der Waals surface area contributed by atoms with Gasteiger partial charge < -0.3 is 14.6 Å². The van der Waals surface area contributed by atoms with Crippen molar-refractivity contribution < 1.29 is 4.74 Å². The maximum absolute atomic E-state index is 5.47. The fourth-order valence-electron chi connectivity index (χ4n) is 2.41. The van der Waals surface area contributed by atoms with Gasteiger partial charge in [0, 0.05) is 26.0 Å². The second-order valence-corrected chi connectivity index (χ2v) is 4.40. The summed E-state index contributed by atoms with van der Waals surface area (Å²) >= 11 is 0. The lowest BCUT2D eigenvalue weighted by molar-refractivity contribution is 0.101. The highest BCUT2D eigenvalue weighted by molar-refractivity contribution is 5.28. The molecule has 0 spiro atoms. The second kappa shape index (κ2) is 5.34. The third-order valence-corrected chi connectivity index (χ3v) is 3.25. The highest BCUT2D eigenvalue weighted by Gasteiger charge is 2.27. The Morgan fingerprint density at radius 1 is 1.56 bits per heavy atom. The Bertz CT molecular complexity index is 324. The molecule has 1 N–H and O–H groups in total. The van der Waals surface area contributed by atoms with E-state index in [1.807, 2.05) is 12.4 Å². The smallest absolute Gasteiger partial charge is 0.203 e. The molecule has 1 aliphatic carbocycles. The van der Waals surface area contributed by atoms with Crippen LogP contribution in [0.15, 0.2) is 12.4 Å².